The van der Waals surface area contributed by atoms with E-state index in [9.17, 15) is 44.0 Å². The Morgan fingerprint density at radius 2 is 1.31 bits per heavy atom. The van der Waals surface area contributed by atoms with Crippen LogP contribution in [0.1, 0.15) is 36.1 Å². The summed E-state index contributed by atoms with van der Waals surface area (Å²) < 4.78 is 107. The number of aromatic hydroxyl groups is 1. The smallest absolute Gasteiger partial charge is 0.744 e. The van der Waals surface area contributed by atoms with E-state index in [-0.39, 0.29) is 74.5 Å². The molecule has 0 saturated heterocycles. The van der Waals surface area contributed by atoms with Gasteiger partial charge in [-0.1, -0.05) is 36.4 Å². The first-order valence-corrected chi connectivity index (χ1v) is 20.2. The summed E-state index contributed by atoms with van der Waals surface area (Å²) >= 11 is 0. The summed E-state index contributed by atoms with van der Waals surface area (Å²) in [5.41, 5.74) is 4.34. The third-order valence-electron chi connectivity index (χ3n) is 8.44. The Morgan fingerprint density at radius 3 is 1.87 bits per heavy atom. The molecule has 0 amide bonds. The number of hydrogen-bond acceptors (Lipinski definition) is 10. The Bertz CT molecular complexity index is 2460. The maximum atomic E-state index is 12.5. The summed E-state index contributed by atoms with van der Waals surface area (Å²) in [6.45, 7) is 5.50. The Morgan fingerprint density at radius 1 is 0.722 bits per heavy atom. The van der Waals surface area contributed by atoms with Crippen molar-refractivity contribution in [1.82, 2.24) is 0 Å². The van der Waals surface area contributed by atoms with Gasteiger partial charge < -0.3 is 19.1 Å². The predicted octanol–water partition coefficient (Wildman–Crippen LogP) is -0.917. The SMILES string of the molecule is CCN(Cc1cccc(S(=O)(=O)[O-])c1)c1ccc(C(=C2C=CC(=[N+](CC)Cc3cccc(S(=O)(=O)O)c3)C=C2)c2ccc(O)cc2S(=O)(=O)[O-])cc1.[Na+].[Na+]. The molecule has 0 atom stereocenters. The van der Waals surface area contributed by atoms with E-state index in [1.165, 1.54) is 42.5 Å². The Kier molecular flexibility index (Phi) is 15.9. The maximum absolute atomic E-state index is 12.5. The van der Waals surface area contributed by atoms with Gasteiger partial charge in [-0.3, -0.25) is 4.55 Å². The summed E-state index contributed by atoms with van der Waals surface area (Å²) in [6, 6.07) is 22.5. The van der Waals surface area contributed by atoms with Crippen LogP contribution in [0.4, 0.5) is 5.69 Å². The zero-order valence-electron chi connectivity index (χ0n) is 30.1. The monoisotopic (exact) mass is 809 g/mol. The van der Waals surface area contributed by atoms with Gasteiger partial charge in [0.1, 0.15) is 32.5 Å². The second-order valence-corrected chi connectivity index (χ2v) is 16.0. The molecule has 0 heterocycles. The van der Waals surface area contributed by atoms with E-state index in [1.807, 2.05) is 23.3 Å². The molecular formula is C37H35N2Na2O10S3+. The van der Waals surface area contributed by atoms with Crippen LogP contribution in [0.3, 0.4) is 0 Å². The van der Waals surface area contributed by atoms with Crippen molar-refractivity contribution in [2.75, 3.05) is 18.0 Å². The van der Waals surface area contributed by atoms with E-state index in [2.05, 4.69) is 0 Å². The summed E-state index contributed by atoms with van der Waals surface area (Å²) in [5.74, 6) is -0.396. The first-order valence-electron chi connectivity index (χ1n) is 16.0. The molecule has 54 heavy (non-hydrogen) atoms. The minimum atomic E-state index is -5.04. The van der Waals surface area contributed by atoms with Crippen LogP contribution < -0.4 is 64.0 Å². The standard InChI is InChI=1S/C37H36N2O10S3.2Na/c1-3-38(24-26-7-5-9-33(21-26)50(41,42)43)30-15-11-28(12-16-30)37(35-20-19-32(40)23-36(35)52(47,48)49)29-13-17-31(18-14-29)39(4-2)25-27-8-6-10-34(22-27)51(44,45)46;;/h5-23H,3-4,24-25H2,1-2H3,(H3,41,42,43,44,45,46,47,48,49);;/q;2*+1/p-1. The average molecular weight is 810 g/mol. The van der Waals surface area contributed by atoms with Gasteiger partial charge in [-0.05, 0) is 103 Å². The third-order valence-corrected chi connectivity index (χ3v) is 11.0. The largest absolute Gasteiger partial charge is 1.00 e. The predicted molar refractivity (Wildman–Crippen MR) is 194 cm³/mol. The molecule has 0 spiro atoms. The van der Waals surface area contributed by atoms with Crippen molar-refractivity contribution in [1.29, 1.82) is 0 Å². The maximum Gasteiger partial charge on any atom is 1.00 e. The zero-order valence-corrected chi connectivity index (χ0v) is 36.5. The van der Waals surface area contributed by atoms with Crippen LogP contribution in [-0.2, 0) is 43.4 Å². The summed E-state index contributed by atoms with van der Waals surface area (Å²) in [4.78, 5) is 0.806. The molecule has 0 aromatic heterocycles. The summed E-state index contributed by atoms with van der Waals surface area (Å²) in [6.07, 6.45) is 7.14. The molecule has 0 radical (unpaired) electrons. The molecule has 0 saturated carbocycles. The molecule has 0 bridgehead atoms. The Labute approximate surface area is 360 Å². The van der Waals surface area contributed by atoms with Crippen LogP contribution >= 0.6 is 0 Å². The molecule has 0 unspecified atom stereocenters. The fraction of sp³-hybridized carbons (Fsp3) is 0.162. The van der Waals surface area contributed by atoms with Gasteiger partial charge in [0, 0.05) is 42.1 Å². The normalized spacial score (nSPS) is 12.8. The van der Waals surface area contributed by atoms with Gasteiger partial charge in [0.2, 0.25) is 0 Å². The molecule has 2 N–H and O–H groups in total. The van der Waals surface area contributed by atoms with E-state index >= 15 is 0 Å². The number of rotatable bonds is 12. The average Bonchev–Trinajstić information content (AvgIpc) is 3.10. The second kappa shape index (κ2) is 18.8. The van der Waals surface area contributed by atoms with E-state index in [1.54, 1.807) is 66.8 Å². The van der Waals surface area contributed by atoms with Crippen LogP contribution in [0, 0.1) is 0 Å². The molecule has 272 valence electrons. The van der Waals surface area contributed by atoms with Gasteiger partial charge in [-0.15, -0.1) is 0 Å². The van der Waals surface area contributed by atoms with Gasteiger partial charge in [0.25, 0.3) is 10.1 Å². The van der Waals surface area contributed by atoms with Gasteiger partial charge in [-0.2, -0.15) is 8.42 Å². The second-order valence-electron chi connectivity index (χ2n) is 11.9. The van der Waals surface area contributed by atoms with Crippen molar-refractivity contribution >= 4 is 47.3 Å². The van der Waals surface area contributed by atoms with Crippen molar-refractivity contribution in [3.63, 3.8) is 0 Å². The van der Waals surface area contributed by atoms with E-state index in [4.69, 9.17) is 0 Å². The summed E-state index contributed by atoms with van der Waals surface area (Å²) in [5, 5.41) is 10.1. The molecule has 4 aromatic carbocycles. The van der Waals surface area contributed by atoms with Crippen molar-refractivity contribution in [2.45, 2.75) is 41.6 Å². The van der Waals surface area contributed by atoms with Crippen LogP contribution in [0.5, 0.6) is 5.75 Å². The molecule has 12 nitrogen and oxygen atoms in total. The fourth-order valence-electron chi connectivity index (χ4n) is 5.90. The van der Waals surface area contributed by atoms with E-state index in [0.29, 0.717) is 54.0 Å². The van der Waals surface area contributed by atoms with Crippen LogP contribution in [0.15, 0.2) is 136 Å². The molecule has 1 aliphatic rings. The topological polar surface area (TPSA) is 195 Å². The van der Waals surface area contributed by atoms with Crippen LogP contribution in [0.25, 0.3) is 5.57 Å². The zero-order chi connectivity index (χ0) is 37.8. The number of allylic oxidation sites excluding steroid dienone is 5. The number of hydrogen-bond donors (Lipinski definition) is 2. The van der Waals surface area contributed by atoms with E-state index < -0.39 is 41.0 Å². The van der Waals surface area contributed by atoms with Crippen molar-refractivity contribution in [3.8, 4) is 5.75 Å². The molecule has 0 fully saturated rings. The minimum Gasteiger partial charge on any atom is -0.744 e. The van der Waals surface area contributed by atoms with Gasteiger partial charge in [0.05, 0.1) is 14.7 Å². The summed E-state index contributed by atoms with van der Waals surface area (Å²) in [7, 11) is -14.1. The molecule has 1 aliphatic carbocycles. The van der Waals surface area contributed by atoms with Gasteiger partial charge >= 0.3 is 59.1 Å². The van der Waals surface area contributed by atoms with Crippen molar-refractivity contribution in [3.05, 3.63) is 143 Å². The molecule has 17 heteroatoms. The number of phenolic OH excluding ortho intramolecular Hbond substituents is 1. The Balaban J connectivity index is 0.00000392. The van der Waals surface area contributed by atoms with Gasteiger partial charge in [0.15, 0.2) is 12.3 Å². The first kappa shape index (κ1) is 45.5. The van der Waals surface area contributed by atoms with Crippen LogP contribution in [0.2, 0.25) is 0 Å². The fourth-order valence-corrected chi connectivity index (χ4v) is 7.69. The molecular weight excluding hydrogens is 775 g/mol. The van der Waals surface area contributed by atoms with Crippen molar-refractivity contribution in [2.24, 2.45) is 0 Å². The van der Waals surface area contributed by atoms with Crippen molar-refractivity contribution < 1.29 is 108 Å². The van der Waals surface area contributed by atoms with Crippen LogP contribution in [-0.4, -0.2) is 67.4 Å². The first-order chi connectivity index (χ1) is 24.5. The third kappa shape index (κ3) is 11.3. The van der Waals surface area contributed by atoms with E-state index in [0.717, 1.165) is 17.5 Å². The number of benzene rings is 4. The number of anilines is 1. The van der Waals surface area contributed by atoms with Gasteiger partial charge in [-0.25, -0.2) is 21.4 Å². The minimum absolute atomic E-state index is 0. The quantitative estimate of drug-likeness (QED) is 0.102. The molecule has 4 aromatic rings. The number of nitrogens with zero attached hydrogens (tertiary/aromatic N) is 2. The Hall–Kier alpha value is -2.90. The number of phenols is 1. The molecule has 5 rings (SSSR count). The molecule has 0 aliphatic heterocycles.